The number of carbonyl (C=O) groups is 1. The van der Waals surface area contributed by atoms with Crippen LogP contribution in [0.5, 0.6) is 0 Å². The second kappa shape index (κ2) is 7.72. The highest BCUT2D eigenvalue weighted by molar-refractivity contribution is 7.89. The van der Waals surface area contributed by atoms with Gasteiger partial charge in [-0.2, -0.15) is 13.9 Å². The highest BCUT2D eigenvalue weighted by atomic mass is 32.2. The number of nitrogens with zero attached hydrogens (tertiary/aromatic N) is 5. The number of aryl methyl sites for hydroxylation is 2. The van der Waals surface area contributed by atoms with Crippen molar-refractivity contribution in [1.82, 2.24) is 29.4 Å². The van der Waals surface area contributed by atoms with Crippen LogP contribution in [0.3, 0.4) is 0 Å². The standard InChI is InChI=1S/C13H20N6O4S2/c1-10-15-16-13-19(10)17-12(24-13)3-2-11(20)14-4-9-25(21,22)18-5-7-23-8-6-18/h2-9H2,1H3,(H,14,20). The van der Waals surface area contributed by atoms with Gasteiger partial charge in [-0.15, -0.1) is 10.2 Å². The van der Waals surface area contributed by atoms with Gasteiger partial charge in [-0.3, -0.25) is 4.79 Å². The van der Waals surface area contributed by atoms with Crippen molar-refractivity contribution in [2.75, 3.05) is 38.6 Å². The fourth-order valence-electron chi connectivity index (χ4n) is 2.44. The second-order valence-electron chi connectivity index (χ2n) is 5.61. The molecule has 10 nitrogen and oxygen atoms in total. The molecule has 1 fully saturated rings. The molecule has 1 saturated heterocycles. The van der Waals surface area contributed by atoms with Gasteiger partial charge in [0.15, 0.2) is 5.82 Å². The molecule has 138 valence electrons. The molecule has 2 aromatic heterocycles. The Morgan fingerprint density at radius 1 is 1.32 bits per heavy atom. The lowest BCUT2D eigenvalue weighted by Gasteiger charge is -2.26. The fraction of sp³-hybridized carbons (Fsp3) is 0.692. The van der Waals surface area contributed by atoms with Crippen LogP contribution in [0.1, 0.15) is 17.3 Å². The number of amides is 1. The van der Waals surface area contributed by atoms with E-state index in [4.69, 9.17) is 4.74 Å². The third kappa shape index (κ3) is 4.51. The van der Waals surface area contributed by atoms with Gasteiger partial charge in [0, 0.05) is 32.5 Å². The summed E-state index contributed by atoms with van der Waals surface area (Å²) < 4.78 is 32.5. The molecule has 12 heteroatoms. The summed E-state index contributed by atoms with van der Waals surface area (Å²) in [7, 11) is -3.35. The van der Waals surface area contributed by atoms with Crippen LogP contribution in [0, 0.1) is 6.92 Å². The van der Waals surface area contributed by atoms with Gasteiger partial charge < -0.3 is 10.1 Å². The molecule has 0 unspecified atom stereocenters. The van der Waals surface area contributed by atoms with Gasteiger partial charge in [-0.1, -0.05) is 11.3 Å². The number of nitrogens with one attached hydrogen (secondary N) is 1. The van der Waals surface area contributed by atoms with Gasteiger partial charge >= 0.3 is 0 Å². The lowest BCUT2D eigenvalue weighted by Crippen LogP contribution is -2.43. The molecule has 2 aromatic rings. The van der Waals surface area contributed by atoms with Crippen molar-refractivity contribution in [1.29, 1.82) is 0 Å². The molecule has 0 radical (unpaired) electrons. The molecule has 1 aliphatic rings. The van der Waals surface area contributed by atoms with Crippen molar-refractivity contribution >= 4 is 32.2 Å². The van der Waals surface area contributed by atoms with Crippen molar-refractivity contribution in [2.45, 2.75) is 19.8 Å². The molecule has 3 rings (SSSR count). The van der Waals surface area contributed by atoms with Gasteiger partial charge in [-0.05, 0) is 6.92 Å². The third-order valence-electron chi connectivity index (χ3n) is 3.80. The van der Waals surface area contributed by atoms with E-state index in [1.54, 1.807) is 4.52 Å². The molecular weight excluding hydrogens is 368 g/mol. The Hall–Kier alpha value is -1.63. The lowest BCUT2D eigenvalue weighted by atomic mass is 10.3. The monoisotopic (exact) mass is 388 g/mol. The normalized spacial score (nSPS) is 16.4. The van der Waals surface area contributed by atoms with Crippen molar-refractivity contribution in [2.24, 2.45) is 0 Å². The van der Waals surface area contributed by atoms with E-state index < -0.39 is 10.0 Å². The van der Waals surface area contributed by atoms with Crippen LogP contribution in [-0.2, 0) is 26.0 Å². The Bertz CT molecular complexity index is 840. The Morgan fingerprint density at radius 2 is 2.08 bits per heavy atom. The Balaban J connectivity index is 1.41. The number of ether oxygens (including phenoxy) is 1. The molecule has 0 spiro atoms. The average molecular weight is 388 g/mol. The SMILES string of the molecule is Cc1nnc2sc(CCC(=O)NCCS(=O)(=O)N3CCOCC3)nn12. The summed E-state index contributed by atoms with van der Waals surface area (Å²) in [6.07, 6.45) is 0.732. The maximum absolute atomic E-state index is 12.1. The van der Waals surface area contributed by atoms with Crippen molar-refractivity contribution in [3.8, 4) is 0 Å². The van der Waals surface area contributed by atoms with Crippen LogP contribution >= 0.6 is 11.3 Å². The van der Waals surface area contributed by atoms with Crippen LogP contribution in [0.4, 0.5) is 0 Å². The molecule has 3 heterocycles. The maximum Gasteiger partial charge on any atom is 0.234 e. The van der Waals surface area contributed by atoms with Gasteiger partial charge in [-0.25, -0.2) is 8.42 Å². The minimum Gasteiger partial charge on any atom is -0.379 e. The molecule has 0 atom stereocenters. The molecular formula is C13H20N6O4S2. The molecule has 1 N–H and O–H groups in total. The molecule has 0 bridgehead atoms. The number of aromatic nitrogens is 4. The van der Waals surface area contributed by atoms with Gasteiger partial charge in [0.05, 0.1) is 19.0 Å². The first-order valence-electron chi connectivity index (χ1n) is 7.96. The quantitative estimate of drug-likeness (QED) is 0.660. The summed E-state index contributed by atoms with van der Waals surface area (Å²) in [5.74, 6) is 0.407. The van der Waals surface area contributed by atoms with E-state index in [1.807, 2.05) is 6.92 Å². The van der Waals surface area contributed by atoms with Crippen LogP contribution in [0.15, 0.2) is 0 Å². The third-order valence-corrected chi connectivity index (χ3v) is 6.63. The Kier molecular flexibility index (Phi) is 5.61. The van der Waals surface area contributed by atoms with Crippen molar-refractivity contribution in [3.63, 3.8) is 0 Å². The summed E-state index contributed by atoms with van der Waals surface area (Å²) in [4.78, 5) is 12.6. The summed E-state index contributed by atoms with van der Waals surface area (Å²) in [6, 6.07) is 0. The van der Waals surface area contributed by atoms with Crippen LogP contribution in [0.2, 0.25) is 0 Å². The zero-order valence-electron chi connectivity index (χ0n) is 13.8. The maximum atomic E-state index is 12.1. The summed E-state index contributed by atoms with van der Waals surface area (Å²) >= 11 is 1.39. The second-order valence-corrected chi connectivity index (χ2v) is 8.74. The largest absolute Gasteiger partial charge is 0.379 e. The predicted octanol–water partition coefficient (Wildman–Crippen LogP) is -0.795. The number of carbonyl (C=O) groups excluding carboxylic acids is 1. The van der Waals surface area contributed by atoms with E-state index in [-0.39, 0.29) is 24.6 Å². The average Bonchev–Trinajstić information content (AvgIpc) is 3.15. The van der Waals surface area contributed by atoms with E-state index in [0.29, 0.717) is 43.5 Å². The summed E-state index contributed by atoms with van der Waals surface area (Å²) in [5, 5.41) is 15.7. The van der Waals surface area contributed by atoms with Crippen molar-refractivity contribution in [3.05, 3.63) is 10.8 Å². The van der Waals surface area contributed by atoms with Gasteiger partial charge in [0.1, 0.15) is 5.01 Å². The first-order valence-corrected chi connectivity index (χ1v) is 10.4. The molecule has 1 amide bonds. The number of rotatable bonds is 7. The molecule has 1 aliphatic heterocycles. The molecule has 0 saturated carbocycles. The van der Waals surface area contributed by atoms with E-state index in [0.717, 1.165) is 5.01 Å². The summed E-state index contributed by atoms with van der Waals surface area (Å²) in [6.45, 7) is 3.48. The highest BCUT2D eigenvalue weighted by Crippen LogP contribution is 2.15. The topological polar surface area (TPSA) is 119 Å². The number of hydrogen-bond donors (Lipinski definition) is 1. The zero-order chi connectivity index (χ0) is 17.9. The number of morpholine rings is 1. The number of hydrogen-bond acceptors (Lipinski definition) is 8. The van der Waals surface area contributed by atoms with Crippen molar-refractivity contribution < 1.29 is 17.9 Å². The number of sulfonamides is 1. The minimum atomic E-state index is -3.35. The van der Waals surface area contributed by atoms with E-state index in [1.165, 1.54) is 15.6 Å². The molecule has 0 aliphatic carbocycles. The van der Waals surface area contributed by atoms with E-state index >= 15 is 0 Å². The van der Waals surface area contributed by atoms with Crippen LogP contribution in [0.25, 0.3) is 4.96 Å². The molecule has 25 heavy (non-hydrogen) atoms. The van der Waals surface area contributed by atoms with Crippen LogP contribution in [-0.4, -0.2) is 77.0 Å². The Morgan fingerprint density at radius 3 is 2.80 bits per heavy atom. The smallest absolute Gasteiger partial charge is 0.234 e. The van der Waals surface area contributed by atoms with E-state index in [2.05, 4.69) is 20.6 Å². The van der Waals surface area contributed by atoms with Gasteiger partial charge in [0.2, 0.25) is 20.9 Å². The first-order chi connectivity index (χ1) is 12.0. The molecule has 0 aromatic carbocycles. The van der Waals surface area contributed by atoms with E-state index in [9.17, 15) is 13.2 Å². The zero-order valence-corrected chi connectivity index (χ0v) is 15.5. The fourth-order valence-corrected chi connectivity index (χ4v) is 4.64. The first kappa shape index (κ1) is 18.2. The Labute approximate surface area is 149 Å². The van der Waals surface area contributed by atoms with Gasteiger partial charge in [0.25, 0.3) is 0 Å². The minimum absolute atomic E-state index is 0.0999. The summed E-state index contributed by atoms with van der Waals surface area (Å²) in [5.41, 5.74) is 0. The number of fused-ring (bicyclic) bond motifs is 1. The highest BCUT2D eigenvalue weighted by Gasteiger charge is 2.23. The lowest BCUT2D eigenvalue weighted by molar-refractivity contribution is -0.120. The van der Waals surface area contributed by atoms with Crippen LogP contribution < -0.4 is 5.32 Å². The predicted molar refractivity (Wildman–Crippen MR) is 90.9 cm³/mol.